The highest BCUT2D eigenvalue weighted by Gasteiger charge is 2.29. The lowest BCUT2D eigenvalue weighted by molar-refractivity contribution is -0.140. The van der Waals surface area contributed by atoms with Crippen LogP contribution in [0, 0.1) is 5.92 Å². The predicted octanol–water partition coefficient (Wildman–Crippen LogP) is 2.62. The number of carbonyl (C=O) groups is 2. The van der Waals surface area contributed by atoms with Gasteiger partial charge in [0.05, 0.1) is 13.2 Å². The normalized spacial score (nSPS) is 17.3. The summed E-state index contributed by atoms with van der Waals surface area (Å²) in [7, 11) is 0. The fraction of sp³-hybridized carbons (Fsp3) is 0.714. The summed E-state index contributed by atoms with van der Waals surface area (Å²) < 4.78 is 10.00. The van der Waals surface area contributed by atoms with Gasteiger partial charge < -0.3 is 9.47 Å². The maximum Gasteiger partial charge on any atom is 0.344 e. The molecule has 1 rings (SSSR count). The van der Waals surface area contributed by atoms with Gasteiger partial charge in [0, 0.05) is 5.92 Å². The van der Waals surface area contributed by atoms with Crippen LogP contribution in [-0.2, 0) is 19.1 Å². The smallest absolute Gasteiger partial charge is 0.344 e. The zero-order valence-electron chi connectivity index (χ0n) is 11.2. The van der Waals surface area contributed by atoms with Crippen LogP contribution in [0.15, 0.2) is 11.8 Å². The SMILES string of the molecule is CCO/C=C(/C(=O)OCC)C(=O)C1CCCCC1. The molecule has 0 N–H and O–H groups in total. The van der Waals surface area contributed by atoms with Crippen LogP contribution in [0.5, 0.6) is 0 Å². The van der Waals surface area contributed by atoms with E-state index in [4.69, 9.17) is 9.47 Å². The van der Waals surface area contributed by atoms with E-state index in [1.807, 2.05) is 6.92 Å². The molecule has 0 heterocycles. The van der Waals surface area contributed by atoms with E-state index in [0.717, 1.165) is 25.7 Å². The molecule has 0 saturated heterocycles. The Balaban J connectivity index is 2.74. The molecule has 0 bridgehead atoms. The number of rotatable bonds is 6. The number of Topliss-reactive ketones (excluding diaryl/α,β-unsaturated/α-hetero) is 1. The van der Waals surface area contributed by atoms with Crippen LogP contribution in [0.3, 0.4) is 0 Å². The highest BCUT2D eigenvalue weighted by Crippen LogP contribution is 2.26. The first-order valence-corrected chi connectivity index (χ1v) is 6.73. The van der Waals surface area contributed by atoms with Gasteiger partial charge in [-0.15, -0.1) is 0 Å². The molecule has 4 nitrogen and oxygen atoms in total. The van der Waals surface area contributed by atoms with Gasteiger partial charge >= 0.3 is 5.97 Å². The van der Waals surface area contributed by atoms with Crippen molar-refractivity contribution in [3.05, 3.63) is 11.8 Å². The molecule has 1 fully saturated rings. The second-order valence-electron chi connectivity index (χ2n) is 4.41. The van der Waals surface area contributed by atoms with Crippen LogP contribution >= 0.6 is 0 Å². The quantitative estimate of drug-likeness (QED) is 0.240. The summed E-state index contributed by atoms with van der Waals surface area (Å²) in [4.78, 5) is 24.0. The standard InChI is InChI=1S/C14H22O4/c1-3-17-10-12(14(16)18-4-2)13(15)11-8-6-5-7-9-11/h10-11H,3-9H2,1-2H3/b12-10+. The third-order valence-electron chi connectivity index (χ3n) is 3.10. The number of hydrogen-bond acceptors (Lipinski definition) is 4. The maximum atomic E-state index is 12.3. The van der Waals surface area contributed by atoms with Gasteiger partial charge in [0.15, 0.2) is 5.78 Å². The molecule has 0 aromatic heterocycles. The summed E-state index contributed by atoms with van der Waals surface area (Å²) in [6.07, 6.45) is 6.27. The number of esters is 1. The molecule has 1 aliphatic carbocycles. The molecule has 0 radical (unpaired) electrons. The summed E-state index contributed by atoms with van der Waals surface area (Å²) in [5.74, 6) is -0.738. The first-order chi connectivity index (χ1) is 8.70. The minimum Gasteiger partial charge on any atom is -0.500 e. The number of carbonyl (C=O) groups excluding carboxylic acids is 2. The van der Waals surface area contributed by atoms with Crippen LogP contribution in [-0.4, -0.2) is 25.0 Å². The number of ketones is 1. The van der Waals surface area contributed by atoms with Crippen molar-refractivity contribution in [3.63, 3.8) is 0 Å². The lowest BCUT2D eigenvalue weighted by Crippen LogP contribution is -2.25. The monoisotopic (exact) mass is 254 g/mol. The Hall–Kier alpha value is -1.32. The second kappa shape index (κ2) is 7.90. The van der Waals surface area contributed by atoms with E-state index in [1.54, 1.807) is 6.92 Å². The molecule has 1 saturated carbocycles. The van der Waals surface area contributed by atoms with Crippen molar-refractivity contribution < 1.29 is 19.1 Å². The average molecular weight is 254 g/mol. The minimum atomic E-state index is -0.568. The molecule has 18 heavy (non-hydrogen) atoms. The fourth-order valence-electron chi connectivity index (χ4n) is 2.17. The van der Waals surface area contributed by atoms with Gasteiger partial charge in [-0.25, -0.2) is 4.79 Å². The summed E-state index contributed by atoms with van der Waals surface area (Å²) in [6.45, 7) is 4.23. The van der Waals surface area contributed by atoms with Gasteiger partial charge in [-0.1, -0.05) is 19.3 Å². The van der Waals surface area contributed by atoms with Crippen molar-refractivity contribution in [2.24, 2.45) is 5.92 Å². The molecule has 0 spiro atoms. The Labute approximate surface area is 108 Å². The molecule has 4 heteroatoms. The van der Waals surface area contributed by atoms with E-state index < -0.39 is 5.97 Å². The third kappa shape index (κ3) is 4.17. The number of hydrogen-bond donors (Lipinski definition) is 0. The van der Waals surface area contributed by atoms with E-state index in [1.165, 1.54) is 12.7 Å². The molecule has 0 aliphatic heterocycles. The molecule has 0 amide bonds. The first kappa shape index (κ1) is 14.7. The van der Waals surface area contributed by atoms with Crippen LogP contribution in [0.2, 0.25) is 0 Å². The maximum absolute atomic E-state index is 12.3. The summed E-state index contributed by atoms with van der Waals surface area (Å²) in [5, 5.41) is 0. The van der Waals surface area contributed by atoms with Crippen LogP contribution in [0.4, 0.5) is 0 Å². The largest absolute Gasteiger partial charge is 0.500 e. The van der Waals surface area contributed by atoms with Crippen LogP contribution < -0.4 is 0 Å². The first-order valence-electron chi connectivity index (χ1n) is 6.73. The van der Waals surface area contributed by atoms with Crippen molar-refractivity contribution in [2.75, 3.05) is 13.2 Å². The Morgan fingerprint density at radius 3 is 2.33 bits per heavy atom. The Kier molecular flexibility index (Phi) is 6.47. The van der Waals surface area contributed by atoms with Crippen molar-refractivity contribution in [3.8, 4) is 0 Å². The van der Waals surface area contributed by atoms with Crippen LogP contribution in [0.1, 0.15) is 46.0 Å². The van der Waals surface area contributed by atoms with E-state index in [2.05, 4.69) is 0 Å². The van der Waals surface area contributed by atoms with Gasteiger partial charge in [-0.2, -0.15) is 0 Å². The molecular weight excluding hydrogens is 232 g/mol. The van der Waals surface area contributed by atoms with Crippen LogP contribution in [0.25, 0.3) is 0 Å². The predicted molar refractivity (Wildman–Crippen MR) is 67.9 cm³/mol. The molecule has 1 aliphatic rings. The van der Waals surface area contributed by atoms with E-state index in [9.17, 15) is 9.59 Å². The van der Waals surface area contributed by atoms with E-state index >= 15 is 0 Å². The molecular formula is C14H22O4. The van der Waals surface area contributed by atoms with Gasteiger partial charge in [0.2, 0.25) is 0 Å². The fourth-order valence-corrected chi connectivity index (χ4v) is 2.17. The molecule has 0 unspecified atom stereocenters. The molecule has 102 valence electrons. The van der Waals surface area contributed by atoms with E-state index in [-0.39, 0.29) is 23.9 Å². The lowest BCUT2D eigenvalue weighted by Gasteiger charge is -2.20. The Morgan fingerprint density at radius 2 is 1.78 bits per heavy atom. The average Bonchev–Trinajstić information content (AvgIpc) is 2.40. The van der Waals surface area contributed by atoms with Gasteiger partial charge in [0.25, 0.3) is 0 Å². The second-order valence-corrected chi connectivity index (χ2v) is 4.41. The summed E-state index contributed by atoms with van der Waals surface area (Å²) >= 11 is 0. The Morgan fingerprint density at radius 1 is 1.11 bits per heavy atom. The summed E-state index contributed by atoms with van der Waals surface area (Å²) in [6, 6.07) is 0. The van der Waals surface area contributed by atoms with Crippen molar-refractivity contribution in [1.82, 2.24) is 0 Å². The third-order valence-corrected chi connectivity index (χ3v) is 3.10. The van der Waals surface area contributed by atoms with Crippen molar-refractivity contribution in [2.45, 2.75) is 46.0 Å². The zero-order chi connectivity index (χ0) is 13.4. The Bertz CT molecular complexity index is 314. The van der Waals surface area contributed by atoms with Gasteiger partial charge in [-0.05, 0) is 26.7 Å². The zero-order valence-corrected chi connectivity index (χ0v) is 11.2. The topological polar surface area (TPSA) is 52.6 Å². The van der Waals surface area contributed by atoms with Gasteiger partial charge in [0.1, 0.15) is 11.8 Å². The number of ether oxygens (including phenoxy) is 2. The summed E-state index contributed by atoms with van der Waals surface area (Å²) in [5.41, 5.74) is 0.0607. The minimum absolute atomic E-state index is 0.0464. The molecule has 0 atom stereocenters. The lowest BCUT2D eigenvalue weighted by atomic mass is 9.84. The highest BCUT2D eigenvalue weighted by molar-refractivity contribution is 6.17. The van der Waals surface area contributed by atoms with Crippen molar-refractivity contribution >= 4 is 11.8 Å². The van der Waals surface area contributed by atoms with Crippen molar-refractivity contribution in [1.29, 1.82) is 0 Å². The molecule has 0 aromatic carbocycles. The van der Waals surface area contributed by atoms with Gasteiger partial charge in [-0.3, -0.25) is 4.79 Å². The van der Waals surface area contributed by atoms with E-state index in [0.29, 0.717) is 6.61 Å². The molecule has 0 aromatic rings. The highest BCUT2D eigenvalue weighted by atomic mass is 16.5.